The lowest BCUT2D eigenvalue weighted by molar-refractivity contribution is 0.333. The molecule has 1 aliphatic carbocycles. The Balaban J connectivity index is 1.73. The monoisotopic (exact) mass is 317 g/mol. The molecule has 116 valence electrons. The Bertz CT molecular complexity index is 782. The number of anilines is 1. The van der Waals surface area contributed by atoms with Crippen molar-refractivity contribution in [2.24, 2.45) is 0 Å². The topological polar surface area (TPSA) is 74.8 Å². The number of nitrogens with one attached hydrogen (secondary N) is 1. The number of piperidine rings is 1. The number of aromatic nitrogens is 4. The molecule has 1 aliphatic heterocycles. The standard InChI is InChI=1S/C15H19N5OS/c1-9-16-12-11(13(21)17-9)4-6-15(12)5-3-7-20(8-15)14-19-18-10(2)22-14/h3-8H2,1-2H3,(H,16,17,21). The minimum Gasteiger partial charge on any atom is -0.346 e. The number of fused-ring (bicyclic) bond motifs is 2. The van der Waals surface area contributed by atoms with Gasteiger partial charge in [-0.1, -0.05) is 11.3 Å². The summed E-state index contributed by atoms with van der Waals surface area (Å²) in [7, 11) is 0. The van der Waals surface area contributed by atoms with Crippen LogP contribution >= 0.6 is 11.3 Å². The summed E-state index contributed by atoms with van der Waals surface area (Å²) >= 11 is 1.64. The van der Waals surface area contributed by atoms with Crippen LogP contribution in [0.15, 0.2) is 4.79 Å². The van der Waals surface area contributed by atoms with Crippen LogP contribution in [0.25, 0.3) is 0 Å². The molecule has 2 aromatic rings. The summed E-state index contributed by atoms with van der Waals surface area (Å²) in [5.74, 6) is 0.717. The van der Waals surface area contributed by atoms with Crippen LogP contribution in [0.3, 0.4) is 0 Å². The number of rotatable bonds is 1. The molecule has 3 heterocycles. The van der Waals surface area contributed by atoms with Crippen LogP contribution in [-0.4, -0.2) is 33.3 Å². The van der Waals surface area contributed by atoms with Gasteiger partial charge in [-0.05, 0) is 39.5 Å². The fraction of sp³-hybridized carbons (Fsp3) is 0.600. The second-order valence-electron chi connectivity index (χ2n) is 6.39. The molecule has 22 heavy (non-hydrogen) atoms. The van der Waals surface area contributed by atoms with Gasteiger partial charge in [0.05, 0.1) is 5.69 Å². The number of H-pyrrole nitrogens is 1. The Morgan fingerprint density at radius 2 is 2.14 bits per heavy atom. The zero-order chi connectivity index (χ0) is 15.3. The summed E-state index contributed by atoms with van der Waals surface area (Å²) in [6.45, 7) is 5.75. The van der Waals surface area contributed by atoms with E-state index in [1.807, 2.05) is 13.8 Å². The van der Waals surface area contributed by atoms with E-state index in [4.69, 9.17) is 4.98 Å². The van der Waals surface area contributed by atoms with E-state index in [-0.39, 0.29) is 11.0 Å². The van der Waals surface area contributed by atoms with Crippen LogP contribution in [-0.2, 0) is 11.8 Å². The predicted molar refractivity (Wildman–Crippen MR) is 85.7 cm³/mol. The summed E-state index contributed by atoms with van der Waals surface area (Å²) in [5, 5.41) is 10.4. The largest absolute Gasteiger partial charge is 0.346 e. The maximum absolute atomic E-state index is 12.2. The van der Waals surface area contributed by atoms with E-state index in [9.17, 15) is 4.79 Å². The summed E-state index contributed by atoms with van der Waals surface area (Å²) in [5.41, 5.74) is 1.97. The highest BCUT2D eigenvalue weighted by Crippen LogP contribution is 2.44. The molecule has 1 spiro atoms. The Morgan fingerprint density at radius 3 is 2.91 bits per heavy atom. The Morgan fingerprint density at radius 1 is 1.27 bits per heavy atom. The molecule has 1 atom stereocenters. The predicted octanol–water partition coefficient (Wildman–Crippen LogP) is 1.72. The van der Waals surface area contributed by atoms with Crippen LogP contribution in [0.1, 0.15) is 41.4 Å². The number of aromatic amines is 1. The van der Waals surface area contributed by atoms with Gasteiger partial charge in [0.1, 0.15) is 10.8 Å². The molecule has 1 saturated heterocycles. The van der Waals surface area contributed by atoms with E-state index in [2.05, 4.69) is 20.1 Å². The highest BCUT2D eigenvalue weighted by molar-refractivity contribution is 7.15. The number of hydrogen-bond donors (Lipinski definition) is 1. The Hall–Kier alpha value is -1.76. The molecule has 1 unspecified atom stereocenters. The van der Waals surface area contributed by atoms with Crippen molar-refractivity contribution in [2.75, 3.05) is 18.0 Å². The molecule has 6 nitrogen and oxygen atoms in total. The third-order valence-corrected chi connectivity index (χ3v) is 5.75. The number of aryl methyl sites for hydroxylation is 2. The van der Waals surface area contributed by atoms with Crippen LogP contribution in [0.2, 0.25) is 0 Å². The van der Waals surface area contributed by atoms with E-state index in [0.717, 1.165) is 60.2 Å². The van der Waals surface area contributed by atoms with Crippen LogP contribution < -0.4 is 10.5 Å². The molecule has 2 aromatic heterocycles. The molecule has 4 rings (SSSR count). The molecule has 0 bridgehead atoms. The molecule has 1 N–H and O–H groups in total. The first kappa shape index (κ1) is 13.9. The van der Waals surface area contributed by atoms with Gasteiger partial charge in [-0.3, -0.25) is 4.79 Å². The smallest absolute Gasteiger partial charge is 0.254 e. The van der Waals surface area contributed by atoms with E-state index >= 15 is 0 Å². The van der Waals surface area contributed by atoms with Crippen LogP contribution in [0.5, 0.6) is 0 Å². The summed E-state index contributed by atoms with van der Waals surface area (Å²) < 4.78 is 0. The summed E-state index contributed by atoms with van der Waals surface area (Å²) in [4.78, 5) is 22.1. The second kappa shape index (κ2) is 4.87. The fourth-order valence-corrected chi connectivity index (χ4v) is 4.58. The lowest BCUT2D eigenvalue weighted by Crippen LogP contribution is -2.45. The van der Waals surface area contributed by atoms with Gasteiger partial charge in [0.15, 0.2) is 0 Å². The SMILES string of the molecule is Cc1nc2c(c(=O)[nH]1)CCC21CCCN(c2nnc(C)s2)C1. The van der Waals surface area contributed by atoms with Crippen molar-refractivity contribution < 1.29 is 0 Å². The average Bonchev–Trinajstić information content (AvgIpc) is 3.05. The molecular formula is C15H19N5OS. The van der Waals surface area contributed by atoms with Gasteiger partial charge in [-0.15, -0.1) is 10.2 Å². The Labute approximate surface area is 132 Å². The van der Waals surface area contributed by atoms with Gasteiger partial charge in [0.25, 0.3) is 5.56 Å². The highest BCUT2D eigenvalue weighted by Gasteiger charge is 2.45. The van der Waals surface area contributed by atoms with E-state index in [1.165, 1.54) is 0 Å². The average molecular weight is 317 g/mol. The van der Waals surface area contributed by atoms with Gasteiger partial charge in [0.2, 0.25) is 5.13 Å². The Kier molecular flexibility index (Phi) is 3.07. The van der Waals surface area contributed by atoms with Crippen LogP contribution in [0, 0.1) is 13.8 Å². The maximum atomic E-state index is 12.2. The molecule has 2 aliphatic rings. The molecule has 0 amide bonds. The number of hydrogen-bond acceptors (Lipinski definition) is 6. The molecular weight excluding hydrogens is 298 g/mol. The first-order valence-corrected chi connectivity index (χ1v) is 8.54. The molecule has 0 aromatic carbocycles. The number of nitrogens with zero attached hydrogens (tertiary/aromatic N) is 4. The molecule has 1 fully saturated rings. The highest BCUT2D eigenvalue weighted by atomic mass is 32.1. The zero-order valence-corrected chi connectivity index (χ0v) is 13.7. The first-order valence-electron chi connectivity index (χ1n) is 7.73. The maximum Gasteiger partial charge on any atom is 0.254 e. The quantitative estimate of drug-likeness (QED) is 0.867. The minimum atomic E-state index is 0.00613. The van der Waals surface area contributed by atoms with Crippen molar-refractivity contribution in [1.29, 1.82) is 0 Å². The zero-order valence-electron chi connectivity index (χ0n) is 12.8. The molecule has 0 radical (unpaired) electrons. The van der Waals surface area contributed by atoms with E-state index < -0.39 is 0 Å². The van der Waals surface area contributed by atoms with Gasteiger partial charge < -0.3 is 9.88 Å². The lowest BCUT2D eigenvalue weighted by atomic mass is 9.77. The van der Waals surface area contributed by atoms with Crippen molar-refractivity contribution in [3.05, 3.63) is 32.4 Å². The second-order valence-corrected chi connectivity index (χ2v) is 7.55. The molecule has 0 saturated carbocycles. The normalized spacial score (nSPS) is 24.0. The van der Waals surface area contributed by atoms with Gasteiger partial charge >= 0.3 is 0 Å². The van der Waals surface area contributed by atoms with Crippen LogP contribution in [0.4, 0.5) is 5.13 Å². The third kappa shape index (κ3) is 2.06. The third-order valence-electron chi connectivity index (χ3n) is 4.85. The van der Waals surface area contributed by atoms with E-state index in [1.54, 1.807) is 11.3 Å². The lowest BCUT2D eigenvalue weighted by Gasteiger charge is -2.40. The van der Waals surface area contributed by atoms with Gasteiger partial charge in [-0.25, -0.2) is 4.98 Å². The van der Waals surface area contributed by atoms with E-state index in [0.29, 0.717) is 5.82 Å². The molecule has 7 heteroatoms. The van der Waals surface area contributed by atoms with Crippen molar-refractivity contribution in [2.45, 2.75) is 44.9 Å². The first-order chi connectivity index (χ1) is 10.6. The van der Waals surface area contributed by atoms with Crippen molar-refractivity contribution in [1.82, 2.24) is 20.2 Å². The minimum absolute atomic E-state index is 0.00613. The van der Waals surface area contributed by atoms with Gasteiger partial charge in [0, 0.05) is 24.1 Å². The summed E-state index contributed by atoms with van der Waals surface area (Å²) in [6.07, 6.45) is 4.05. The fourth-order valence-electron chi connectivity index (χ4n) is 3.87. The summed E-state index contributed by atoms with van der Waals surface area (Å²) in [6, 6.07) is 0. The van der Waals surface area contributed by atoms with Crippen molar-refractivity contribution in [3.63, 3.8) is 0 Å². The van der Waals surface area contributed by atoms with Crippen molar-refractivity contribution in [3.8, 4) is 0 Å². The van der Waals surface area contributed by atoms with Gasteiger partial charge in [-0.2, -0.15) is 0 Å². The van der Waals surface area contributed by atoms with Crippen molar-refractivity contribution >= 4 is 16.5 Å².